The molecule has 1 aliphatic rings. The van der Waals surface area contributed by atoms with Crippen LogP contribution in [0.1, 0.15) is 77.2 Å². The molecule has 2 heterocycles. The van der Waals surface area contributed by atoms with E-state index in [0.29, 0.717) is 11.3 Å². The van der Waals surface area contributed by atoms with E-state index in [0.717, 1.165) is 42.1 Å². The van der Waals surface area contributed by atoms with Crippen molar-refractivity contribution < 1.29 is 14.0 Å². The fraction of sp³-hybridized carbons (Fsp3) is 0.391. The number of rotatable bonds is 5. The van der Waals surface area contributed by atoms with Gasteiger partial charge in [-0.2, -0.15) is 0 Å². The highest BCUT2D eigenvalue weighted by Crippen LogP contribution is 2.34. The lowest BCUT2D eigenvalue weighted by molar-refractivity contribution is 0.0918. The number of aromatic amines is 1. The molecule has 2 aromatic heterocycles. The van der Waals surface area contributed by atoms with E-state index in [1.54, 1.807) is 13.1 Å². The monoisotopic (exact) mass is 393 g/mol. The summed E-state index contributed by atoms with van der Waals surface area (Å²) in [5, 5.41) is 6.80. The lowest BCUT2D eigenvalue weighted by atomic mass is 9.92. The molecular weight excluding hydrogens is 366 g/mol. The van der Waals surface area contributed by atoms with Crippen molar-refractivity contribution in [3.05, 3.63) is 59.2 Å². The SMILES string of the molecule is CNC(=O)c1cc(C(=O)NC2CCCCC2)c(C(C)c2cccc3[nH]ccc23)o1. The third-order valence-corrected chi connectivity index (χ3v) is 5.89. The van der Waals surface area contributed by atoms with Crippen molar-refractivity contribution in [1.82, 2.24) is 15.6 Å². The number of aromatic nitrogens is 1. The maximum atomic E-state index is 13.1. The molecule has 1 aromatic carbocycles. The molecule has 0 radical (unpaired) electrons. The number of hydrogen-bond donors (Lipinski definition) is 3. The first kappa shape index (κ1) is 19.3. The first-order chi connectivity index (χ1) is 14.1. The molecule has 4 rings (SSSR count). The predicted molar refractivity (Wildman–Crippen MR) is 112 cm³/mol. The molecule has 3 N–H and O–H groups in total. The van der Waals surface area contributed by atoms with E-state index in [-0.39, 0.29) is 29.5 Å². The standard InChI is InChI=1S/C23H27N3O3/c1-14(16-9-6-10-19-17(16)11-12-25-19)21-18(13-20(29-21)23(28)24-2)22(27)26-15-7-4-3-5-8-15/h6,9-15,25H,3-5,7-8H2,1-2H3,(H,24,28)(H,26,27). The van der Waals surface area contributed by atoms with Crippen LogP contribution in [0.2, 0.25) is 0 Å². The second-order valence-corrected chi connectivity index (χ2v) is 7.78. The molecule has 1 atom stereocenters. The number of nitrogens with one attached hydrogen (secondary N) is 3. The van der Waals surface area contributed by atoms with Crippen molar-refractivity contribution in [1.29, 1.82) is 0 Å². The predicted octanol–water partition coefficient (Wildman–Crippen LogP) is 4.33. The van der Waals surface area contributed by atoms with Crippen molar-refractivity contribution in [3.8, 4) is 0 Å². The van der Waals surface area contributed by atoms with Crippen LogP contribution in [0.4, 0.5) is 0 Å². The van der Waals surface area contributed by atoms with Crippen LogP contribution >= 0.6 is 0 Å². The average Bonchev–Trinajstić information content (AvgIpc) is 3.40. The highest BCUT2D eigenvalue weighted by atomic mass is 16.4. The number of benzene rings is 1. The molecular formula is C23H27N3O3. The van der Waals surface area contributed by atoms with Crippen LogP contribution in [-0.4, -0.2) is 29.9 Å². The Morgan fingerprint density at radius 3 is 2.69 bits per heavy atom. The molecule has 1 fully saturated rings. The Morgan fingerprint density at radius 2 is 1.93 bits per heavy atom. The number of H-pyrrole nitrogens is 1. The Morgan fingerprint density at radius 1 is 1.14 bits per heavy atom. The number of amides is 2. The summed E-state index contributed by atoms with van der Waals surface area (Å²) in [6.45, 7) is 2.01. The number of fused-ring (bicyclic) bond motifs is 1. The van der Waals surface area contributed by atoms with Gasteiger partial charge in [0.15, 0.2) is 5.76 Å². The molecule has 29 heavy (non-hydrogen) atoms. The minimum Gasteiger partial charge on any atom is -0.454 e. The van der Waals surface area contributed by atoms with Gasteiger partial charge in [0.05, 0.1) is 5.56 Å². The topological polar surface area (TPSA) is 87.1 Å². The van der Waals surface area contributed by atoms with Gasteiger partial charge in [0, 0.05) is 42.2 Å². The van der Waals surface area contributed by atoms with E-state index < -0.39 is 0 Å². The first-order valence-corrected chi connectivity index (χ1v) is 10.3. The van der Waals surface area contributed by atoms with Crippen molar-refractivity contribution in [3.63, 3.8) is 0 Å². The van der Waals surface area contributed by atoms with Crippen molar-refractivity contribution in [2.24, 2.45) is 0 Å². The van der Waals surface area contributed by atoms with E-state index in [2.05, 4.69) is 15.6 Å². The van der Waals surface area contributed by atoms with Crippen LogP contribution in [0, 0.1) is 0 Å². The number of carbonyl (C=O) groups excluding carboxylic acids is 2. The largest absolute Gasteiger partial charge is 0.454 e. The van der Waals surface area contributed by atoms with E-state index >= 15 is 0 Å². The Labute approximate surface area is 170 Å². The quantitative estimate of drug-likeness (QED) is 0.603. The Bertz CT molecular complexity index is 1030. The van der Waals surface area contributed by atoms with E-state index in [4.69, 9.17) is 4.42 Å². The van der Waals surface area contributed by atoms with Gasteiger partial charge in [0.1, 0.15) is 5.76 Å². The summed E-state index contributed by atoms with van der Waals surface area (Å²) in [7, 11) is 1.55. The summed E-state index contributed by atoms with van der Waals surface area (Å²) in [4.78, 5) is 28.5. The third-order valence-electron chi connectivity index (χ3n) is 5.89. The zero-order valence-corrected chi connectivity index (χ0v) is 16.9. The van der Waals surface area contributed by atoms with Gasteiger partial charge >= 0.3 is 0 Å². The minimum atomic E-state index is -0.338. The molecule has 0 spiro atoms. The number of hydrogen-bond acceptors (Lipinski definition) is 3. The summed E-state index contributed by atoms with van der Waals surface area (Å²) in [5.41, 5.74) is 2.52. The first-order valence-electron chi connectivity index (χ1n) is 10.3. The fourth-order valence-electron chi connectivity index (χ4n) is 4.28. The summed E-state index contributed by atoms with van der Waals surface area (Å²) in [5.74, 6) is -0.0103. The van der Waals surface area contributed by atoms with Gasteiger partial charge in [-0.05, 0) is 30.5 Å². The van der Waals surface area contributed by atoms with Crippen molar-refractivity contribution >= 4 is 22.7 Å². The molecule has 2 amide bonds. The van der Waals surface area contributed by atoms with Gasteiger partial charge in [-0.3, -0.25) is 9.59 Å². The fourth-order valence-corrected chi connectivity index (χ4v) is 4.28. The smallest absolute Gasteiger partial charge is 0.286 e. The molecule has 6 nitrogen and oxygen atoms in total. The lowest BCUT2D eigenvalue weighted by Crippen LogP contribution is -2.36. The van der Waals surface area contributed by atoms with Crippen LogP contribution in [-0.2, 0) is 0 Å². The summed E-state index contributed by atoms with van der Waals surface area (Å²) >= 11 is 0. The second-order valence-electron chi connectivity index (χ2n) is 7.78. The number of furan rings is 1. The highest BCUT2D eigenvalue weighted by molar-refractivity contribution is 6.00. The van der Waals surface area contributed by atoms with Crippen LogP contribution in [0.5, 0.6) is 0 Å². The summed E-state index contributed by atoms with van der Waals surface area (Å²) in [6, 6.07) is 9.80. The van der Waals surface area contributed by atoms with Gasteiger partial charge < -0.3 is 20.0 Å². The van der Waals surface area contributed by atoms with E-state index in [9.17, 15) is 9.59 Å². The second kappa shape index (κ2) is 8.15. The molecule has 3 aromatic rings. The average molecular weight is 393 g/mol. The molecule has 0 saturated heterocycles. The maximum absolute atomic E-state index is 13.1. The maximum Gasteiger partial charge on any atom is 0.286 e. The third kappa shape index (κ3) is 3.79. The zero-order chi connectivity index (χ0) is 20.4. The van der Waals surface area contributed by atoms with Gasteiger partial charge in [0.25, 0.3) is 11.8 Å². The van der Waals surface area contributed by atoms with Gasteiger partial charge in [0.2, 0.25) is 0 Å². The summed E-state index contributed by atoms with van der Waals surface area (Å²) in [6.07, 6.45) is 7.40. The lowest BCUT2D eigenvalue weighted by Gasteiger charge is -2.23. The number of carbonyl (C=O) groups is 2. The molecule has 6 heteroatoms. The van der Waals surface area contributed by atoms with Crippen LogP contribution in [0.15, 0.2) is 40.9 Å². The molecule has 152 valence electrons. The minimum absolute atomic E-state index is 0.157. The molecule has 1 unspecified atom stereocenters. The van der Waals surface area contributed by atoms with Gasteiger partial charge in [-0.1, -0.05) is 38.3 Å². The summed E-state index contributed by atoms with van der Waals surface area (Å²) < 4.78 is 5.94. The normalized spacial score (nSPS) is 15.9. The Balaban J connectivity index is 1.71. The van der Waals surface area contributed by atoms with E-state index in [1.807, 2.05) is 37.4 Å². The highest BCUT2D eigenvalue weighted by Gasteiger charge is 2.28. The Hall–Kier alpha value is -3.02. The Kier molecular flexibility index (Phi) is 5.43. The van der Waals surface area contributed by atoms with Gasteiger partial charge in [-0.15, -0.1) is 0 Å². The molecule has 1 aliphatic carbocycles. The van der Waals surface area contributed by atoms with Crippen LogP contribution in [0.25, 0.3) is 10.9 Å². The van der Waals surface area contributed by atoms with Gasteiger partial charge in [-0.25, -0.2) is 0 Å². The van der Waals surface area contributed by atoms with Crippen LogP contribution < -0.4 is 10.6 Å². The van der Waals surface area contributed by atoms with Crippen LogP contribution in [0.3, 0.4) is 0 Å². The zero-order valence-electron chi connectivity index (χ0n) is 16.9. The van der Waals surface area contributed by atoms with Crippen molar-refractivity contribution in [2.75, 3.05) is 7.05 Å². The molecule has 1 saturated carbocycles. The van der Waals surface area contributed by atoms with E-state index in [1.165, 1.54) is 6.42 Å². The van der Waals surface area contributed by atoms with Crippen molar-refractivity contribution in [2.45, 2.75) is 51.0 Å². The molecule has 0 bridgehead atoms. The molecule has 0 aliphatic heterocycles.